The van der Waals surface area contributed by atoms with Gasteiger partial charge in [-0.3, -0.25) is 19.6 Å². The number of ketones is 1. The SMILES string of the molecule is [B]c1cccc(Cn2cc(C(=O)c3ccc(C)c(C)c3)c(=O)c3cc(C)nc(C)c32)n1. The quantitative estimate of drug-likeness (QED) is 0.385. The molecule has 0 saturated heterocycles. The fourth-order valence-corrected chi connectivity index (χ4v) is 3.87. The van der Waals surface area contributed by atoms with Crippen molar-refractivity contribution in [2.75, 3.05) is 0 Å². The number of carbonyl (C=O) groups excluding carboxylic acids is 1. The lowest BCUT2D eigenvalue weighted by atomic mass is 9.98. The molecule has 0 fully saturated rings. The Hall–Kier alpha value is -3.54. The van der Waals surface area contributed by atoms with Crippen molar-refractivity contribution in [2.24, 2.45) is 0 Å². The first kappa shape index (κ1) is 20.7. The van der Waals surface area contributed by atoms with Crippen LogP contribution in [0.15, 0.2) is 53.5 Å². The zero-order valence-corrected chi connectivity index (χ0v) is 18.1. The first-order valence-corrected chi connectivity index (χ1v) is 10.1. The van der Waals surface area contributed by atoms with Gasteiger partial charge in [-0.05, 0) is 62.6 Å². The molecule has 0 bridgehead atoms. The van der Waals surface area contributed by atoms with E-state index in [1.807, 2.05) is 56.5 Å². The van der Waals surface area contributed by atoms with Crippen LogP contribution in [0.2, 0.25) is 0 Å². The van der Waals surface area contributed by atoms with Gasteiger partial charge in [0.15, 0.2) is 5.78 Å². The van der Waals surface area contributed by atoms with Crippen molar-refractivity contribution < 1.29 is 4.79 Å². The average molecular weight is 407 g/mol. The summed E-state index contributed by atoms with van der Waals surface area (Å²) in [7, 11) is 5.84. The topological polar surface area (TPSA) is 64.8 Å². The van der Waals surface area contributed by atoms with Crippen LogP contribution in [0, 0.1) is 27.7 Å². The second-order valence-electron chi connectivity index (χ2n) is 7.93. The molecule has 0 aliphatic heterocycles. The van der Waals surface area contributed by atoms with E-state index in [9.17, 15) is 9.59 Å². The Bertz CT molecular complexity index is 1410. The Kier molecular flexibility index (Phi) is 5.31. The summed E-state index contributed by atoms with van der Waals surface area (Å²) in [6.07, 6.45) is 1.62. The molecule has 3 heterocycles. The zero-order valence-electron chi connectivity index (χ0n) is 18.1. The lowest BCUT2D eigenvalue weighted by Crippen LogP contribution is -2.22. The highest BCUT2D eigenvalue weighted by molar-refractivity contribution is 6.30. The number of aromatic nitrogens is 3. The van der Waals surface area contributed by atoms with Gasteiger partial charge in [0.1, 0.15) is 7.85 Å². The molecule has 0 aliphatic rings. The highest BCUT2D eigenvalue weighted by Gasteiger charge is 2.19. The maximum absolute atomic E-state index is 13.4. The Morgan fingerprint density at radius 1 is 1.00 bits per heavy atom. The Morgan fingerprint density at radius 3 is 2.48 bits per heavy atom. The summed E-state index contributed by atoms with van der Waals surface area (Å²) in [6.45, 7) is 8.01. The number of hydrogen-bond acceptors (Lipinski definition) is 4. The first-order valence-electron chi connectivity index (χ1n) is 10.1. The normalized spacial score (nSPS) is 11.1. The molecule has 31 heavy (non-hydrogen) atoms. The molecule has 0 aliphatic carbocycles. The van der Waals surface area contributed by atoms with E-state index in [0.717, 1.165) is 28.2 Å². The Morgan fingerprint density at radius 2 is 1.77 bits per heavy atom. The lowest BCUT2D eigenvalue weighted by Gasteiger charge is -2.15. The van der Waals surface area contributed by atoms with E-state index in [1.54, 1.807) is 24.4 Å². The van der Waals surface area contributed by atoms with E-state index in [2.05, 4.69) is 9.97 Å². The zero-order chi connectivity index (χ0) is 22.3. The summed E-state index contributed by atoms with van der Waals surface area (Å²) in [4.78, 5) is 35.6. The molecule has 152 valence electrons. The van der Waals surface area contributed by atoms with E-state index in [0.29, 0.717) is 28.6 Å². The van der Waals surface area contributed by atoms with E-state index < -0.39 is 0 Å². The second kappa shape index (κ2) is 7.95. The second-order valence-corrected chi connectivity index (χ2v) is 7.93. The molecule has 3 aromatic heterocycles. The molecular weight excluding hydrogens is 385 g/mol. The van der Waals surface area contributed by atoms with Gasteiger partial charge in [0.25, 0.3) is 0 Å². The van der Waals surface area contributed by atoms with Crippen LogP contribution in [0.3, 0.4) is 0 Å². The molecule has 0 unspecified atom stereocenters. The van der Waals surface area contributed by atoms with Crippen LogP contribution in [0.1, 0.15) is 44.1 Å². The fraction of sp³-hybridized carbons (Fsp3) is 0.200. The molecule has 4 rings (SSSR count). The van der Waals surface area contributed by atoms with Gasteiger partial charge in [0, 0.05) is 17.5 Å². The molecule has 0 atom stereocenters. The van der Waals surface area contributed by atoms with Crippen molar-refractivity contribution in [3.63, 3.8) is 0 Å². The van der Waals surface area contributed by atoms with Gasteiger partial charge >= 0.3 is 0 Å². The van der Waals surface area contributed by atoms with Crippen LogP contribution < -0.4 is 11.0 Å². The largest absolute Gasteiger partial charge is 0.339 e. The fourth-order valence-electron chi connectivity index (χ4n) is 3.87. The molecule has 0 saturated carbocycles. The number of nitrogens with zero attached hydrogens (tertiary/aromatic N) is 3. The van der Waals surface area contributed by atoms with Crippen molar-refractivity contribution in [1.29, 1.82) is 0 Å². The van der Waals surface area contributed by atoms with Crippen molar-refractivity contribution in [1.82, 2.24) is 14.5 Å². The number of fused-ring (bicyclic) bond motifs is 1. The summed E-state index contributed by atoms with van der Waals surface area (Å²) < 4.78 is 1.87. The standard InChI is InChI=1S/C25H22BN3O2/c1-14-8-9-18(10-15(14)2)24(30)21-13-29(12-19-6-5-7-22(26)28-19)23-17(4)27-16(3)11-20(23)25(21)31/h5-11,13H,12H2,1-4H3. The Labute approximate surface area is 182 Å². The molecule has 0 N–H and O–H groups in total. The number of pyridine rings is 3. The third-order valence-corrected chi connectivity index (χ3v) is 5.53. The van der Waals surface area contributed by atoms with Crippen LogP contribution >= 0.6 is 0 Å². The summed E-state index contributed by atoms with van der Waals surface area (Å²) in [5.74, 6) is -0.295. The maximum atomic E-state index is 13.4. The van der Waals surface area contributed by atoms with Crippen LogP contribution in [-0.2, 0) is 6.54 Å². The smallest absolute Gasteiger partial charge is 0.200 e. The van der Waals surface area contributed by atoms with Crippen LogP contribution in [0.5, 0.6) is 0 Å². The summed E-state index contributed by atoms with van der Waals surface area (Å²) in [6, 6.07) is 12.6. The lowest BCUT2D eigenvalue weighted by molar-refractivity contribution is 0.103. The summed E-state index contributed by atoms with van der Waals surface area (Å²) in [5.41, 5.74) is 5.73. The minimum Gasteiger partial charge on any atom is -0.339 e. The van der Waals surface area contributed by atoms with Gasteiger partial charge in [0.2, 0.25) is 5.43 Å². The molecule has 0 amide bonds. The van der Waals surface area contributed by atoms with Gasteiger partial charge in [-0.25, -0.2) is 0 Å². The highest BCUT2D eigenvalue weighted by atomic mass is 16.1. The van der Waals surface area contributed by atoms with Gasteiger partial charge in [0.05, 0.1) is 34.4 Å². The number of hydrogen-bond donors (Lipinski definition) is 0. The monoisotopic (exact) mass is 407 g/mol. The van der Waals surface area contributed by atoms with Gasteiger partial charge in [-0.15, -0.1) is 0 Å². The minimum atomic E-state index is -0.295. The molecule has 0 spiro atoms. The van der Waals surface area contributed by atoms with Gasteiger partial charge < -0.3 is 4.57 Å². The van der Waals surface area contributed by atoms with Crippen LogP contribution in [0.4, 0.5) is 0 Å². The first-order chi connectivity index (χ1) is 14.7. The minimum absolute atomic E-state index is 0.129. The number of rotatable bonds is 4. The van der Waals surface area contributed by atoms with E-state index in [4.69, 9.17) is 7.85 Å². The molecular formula is C25H22BN3O2. The third kappa shape index (κ3) is 3.93. The highest BCUT2D eigenvalue weighted by Crippen LogP contribution is 2.20. The van der Waals surface area contributed by atoms with E-state index in [-0.39, 0.29) is 16.8 Å². The number of carbonyl (C=O) groups is 1. The molecule has 6 heteroatoms. The number of benzene rings is 1. The van der Waals surface area contributed by atoms with Crippen LogP contribution in [0.25, 0.3) is 10.9 Å². The van der Waals surface area contributed by atoms with Crippen molar-refractivity contribution in [2.45, 2.75) is 34.2 Å². The van der Waals surface area contributed by atoms with Gasteiger partial charge in [-0.2, -0.15) is 0 Å². The van der Waals surface area contributed by atoms with Crippen molar-refractivity contribution in [3.8, 4) is 0 Å². The van der Waals surface area contributed by atoms with E-state index in [1.165, 1.54) is 0 Å². The van der Waals surface area contributed by atoms with Gasteiger partial charge in [-0.1, -0.05) is 24.3 Å². The number of aryl methyl sites for hydroxylation is 4. The Balaban J connectivity index is 1.95. The third-order valence-electron chi connectivity index (χ3n) is 5.53. The maximum Gasteiger partial charge on any atom is 0.200 e. The summed E-state index contributed by atoms with van der Waals surface area (Å²) >= 11 is 0. The van der Waals surface area contributed by atoms with Crippen LogP contribution in [-0.4, -0.2) is 28.2 Å². The predicted octanol–water partition coefficient (Wildman–Crippen LogP) is 3.10. The molecule has 2 radical (unpaired) electrons. The average Bonchev–Trinajstić information content (AvgIpc) is 2.71. The molecule has 4 aromatic rings. The molecule has 5 nitrogen and oxygen atoms in total. The van der Waals surface area contributed by atoms with Crippen molar-refractivity contribution >= 4 is 30.1 Å². The van der Waals surface area contributed by atoms with E-state index >= 15 is 0 Å². The van der Waals surface area contributed by atoms with Crippen molar-refractivity contribution in [3.05, 3.63) is 98.2 Å². The molecule has 1 aromatic carbocycles. The predicted molar refractivity (Wildman–Crippen MR) is 124 cm³/mol. The summed E-state index contributed by atoms with van der Waals surface area (Å²) in [5, 5.41) is 0.476.